The Morgan fingerprint density at radius 1 is 1.75 bits per heavy atom. The van der Waals surface area contributed by atoms with Gasteiger partial charge in [-0.25, -0.2) is 0 Å². The number of rotatable bonds is 0. The Morgan fingerprint density at radius 3 is 2.88 bits per heavy atom. The molecular formula is C5H7N2O+. The molecule has 1 aromatic heterocycles. The second-order valence-corrected chi connectivity index (χ2v) is 1.45. The van der Waals surface area contributed by atoms with Crippen molar-refractivity contribution in [2.45, 2.75) is 0 Å². The minimum Gasteiger partial charge on any atom is -0.394 e. The molecule has 0 bridgehead atoms. The molecule has 0 saturated carbocycles. The van der Waals surface area contributed by atoms with E-state index in [2.05, 4.69) is 4.98 Å². The topological polar surface area (TPSA) is 58.9 Å². The van der Waals surface area contributed by atoms with Gasteiger partial charge in [0, 0.05) is 6.20 Å². The fraction of sp³-hybridized carbons (Fsp3) is 0. The Hall–Kier alpha value is -1.25. The number of anilines is 1. The van der Waals surface area contributed by atoms with Crippen LogP contribution in [0, 0.1) is 0 Å². The second kappa shape index (κ2) is 1.69. The van der Waals surface area contributed by atoms with Gasteiger partial charge in [-0.1, -0.05) is 0 Å². The molecule has 0 fully saturated rings. The zero-order chi connectivity index (χ0) is 5.98. The third kappa shape index (κ3) is 0.703. The molecule has 1 rings (SSSR count). The molecule has 3 nitrogen and oxygen atoms in total. The van der Waals surface area contributed by atoms with Crippen LogP contribution in [0.25, 0.3) is 0 Å². The predicted molar refractivity (Wildman–Crippen MR) is 32.6 cm³/mol. The molecule has 1 heterocycles. The average Bonchev–Trinajstić information content (AvgIpc) is 1.77. The zero-order valence-electron chi connectivity index (χ0n) is 5.22. The van der Waals surface area contributed by atoms with E-state index in [1.54, 1.807) is 18.3 Å². The van der Waals surface area contributed by atoms with E-state index in [1.807, 2.05) is 0 Å². The van der Waals surface area contributed by atoms with Crippen molar-refractivity contribution in [1.82, 2.24) is 4.98 Å². The Balaban J connectivity index is 0.000000640. The summed E-state index contributed by atoms with van der Waals surface area (Å²) in [5.74, 6) is 0. The van der Waals surface area contributed by atoms with Gasteiger partial charge < -0.3 is 10.7 Å². The third-order valence-corrected chi connectivity index (χ3v) is 0.849. The molecule has 0 aliphatic heterocycles. The van der Waals surface area contributed by atoms with E-state index >= 15 is 0 Å². The van der Waals surface area contributed by atoms with Crippen LogP contribution in [-0.4, -0.2) is 4.98 Å². The van der Waals surface area contributed by atoms with E-state index in [0.717, 1.165) is 0 Å². The monoisotopic (exact) mass is 111 g/mol. The average molecular weight is 111 g/mol. The molecular weight excluding hydrogens is 104 g/mol. The van der Waals surface area contributed by atoms with Crippen molar-refractivity contribution in [3.63, 3.8) is 0 Å². The Morgan fingerprint density at radius 2 is 2.50 bits per heavy atom. The van der Waals surface area contributed by atoms with Crippen LogP contribution in [0.3, 0.4) is 0 Å². The number of nitrogen functional groups attached to an aromatic ring is 1. The van der Waals surface area contributed by atoms with E-state index in [9.17, 15) is 4.79 Å². The lowest BCUT2D eigenvalue weighted by Crippen LogP contribution is -2.08. The first-order chi connectivity index (χ1) is 3.80. The van der Waals surface area contributed by atoms with E-state index in [-0.39, 0.29) is 12.7 Å². The van der Waals surface area contributed by atoms with Gasteiger partial charge in [0.05, 0.1) is 5.69 Å². The molecule has 0 spiro atoms. The largest absolute Gasteiger partial charge is 1.00 e. The molecule has 0 saturated heterocycles. The molecule has 0 aliphatic rings. The maximum Gasteiger partial charge on any atom is 1.00 e. The van der Waals surface area contributed by atoms with Crippen LogP contribution in [0.2, 0.25) is 0 Å². The molecule has 1 aromatic rings. The van der Waals surface area contributed by atoms with Gasteiger partial charge in [0.25, 0.3) is 5.56 Å². The highest BCUT2D eigenvalue weighted by Gasteiger charge is 1.84. The van der Waals surface area contributed by atoms with Crippen LogP contribution >= 0.6 is 0 Å². The summed E-state index contributed by atoms with van der Waals surface area (Å²) in [7, 11) is 0. The summed E-state index contributed by atoms with van der Waals surface area (Å²) in [5.41, 5.74) is 5.20. The van der Waals surface area contributed by atoms with Gasteiger partial charge in [-0.3, -0.25) is 4.79 Å². The zero-order valence-corrected chi connectivity index (χ0v) is 4.22. The minimum atomic E-state index is -0.229. The van der Waals surface area contributed by atoms with Gasteiger partial charge in [0.1, 0.15) is 0 Å². The molecule has 3 heteroatoms. The summed E-state index contributed by atoms with van der Waals surface area (Å²) in [6.07, 6.45) is 1.54. The number of nitrogens with two attached hydrogens (primary N) is 1. The van der Waals surface area contributed by atoms with Gasteiger partial charge in [-0.2, -0.15) is 0 Å². The van der Waals surface area contributed by atoms with E-state index < -0.39 is 0 Å². The first-order valence-electron chi connectivity index (χ1n) is 2.24. The summed E-state index contributed by atoms with van der Waals surface area (Å²) in [5, 5.41) is 0. The maximum atomic E-state index is 10.4. The highest BCUT2D eigenvalue weighted by Crippen LogP contribution is 1.84. The summed E-state index contributed by atoms with van der Waals surface area (Å²) < 4.78 is 0. The standard InChI is InChI=1S/C5H6N2O/c6-4-2-1-3-7-5(4)8/h1-3H,6H2,(H,7,8)/p+1. The van der Waals surface area contributed by atoms with Crippen LogP contribution in [0.5, 0.6) is 0 Å². The lowest BCUT2D eigenvalue weighted by Gasteiger charge is -1.84. The van der Waals surface area contributed by atoms with Crippen molar-refractivity contribution in [3.05, 3.63) is 28.7 Å². The van der Waals surface area contributed by atoms with Crippen LogP contribution in [0.4, 0.5) is 5.69 Å². The Kier molecular flexibility index (Phi) is 1.04. The molecule has 0 unspecified atom stereocenters. The Bertz CT molecular complexity index is 232. The van der Waals surface area contributed by atoms with Crippen LogP contribution in [0.1, 0.15) is 1.43 Å². The number of nitrogens with one attached hydrogen (secondary N) is 1. The third-order valence-electron chi connectivity index (χ3n) is 0.849. The number of pyridine rings is 1. The number of hydrogen-bond donors (Lipinski definition) is 2. The molecule has 0 aliphatic carbocycles. The van der Waals surface area contributed by atoms with Gasteiger partial charge in [-0.05, 0) is 12.1 Å². The quantitative estimate of drug-likeness (QED) is 0.497. The first kappa shape index (κ1) is 4.90. The van der Waals surface area contributed by atoms with Crippen molar-refractivity contribution in [2.24, 2.45) is 0 Å². The molecule has 0 atom stereocenters. The van der Waals surface area contributed by atoms with Crippen LogP contribution in [-0.2, 0) is 0 Å². The summed E-state index contributed by atoms with van der Waals surface area (Å²) in [6.45, 7) is 0. The summed E-state index contributed by atoms with van der Waals surface area (Å²) in [4.78, 5) is 12.9. The fourth-order valence-electron chi connectivity index (χ4n) is 0.435. The van der Waals surface area contributed by atoms with Crippen LogP contribution < -0.4 is 11.3 Å². The number of hydrogen-bond acceptors (Lipinski definition) is 2. The SMILES string of the molecule is Nc1ccc[nH]c1=O.[H+]. The first-order valence-corrected chi connectivity index (χ1v) is 2.24. The summed E-state index contributed by atoms with van der Waals surface area (Å²) >= 11 is 0. The minimum absolute atomic E-state index is 0. The Labute approximate surface area is 47.6 Å². The van der Waals surface area contributed by atoms with Crippen molar-refractivity contribution < 1.29 is 1.43 Å². The molecule has 0 radical (unpaired) electrons. The second-order valence-electron chi connectivity index (χ2n) is 1.45. The van der Waals surface area contributed by atoms with Crippen molar-refractivity contribution in [2.75, 3.05) is 5.73 Å². The smallest absolute Gasteiger partial charge is 0.394 e. The maximum absolute atomic E-state index is 10.4. The van der Waals surface area contributed by atoms with E-state index in [4.69, 9.17) is 5.73 Å². The highest BCUT2D eigenvalue weighted by molar-refractivity contribution is 5.32. The summed E-state index contributed by atoms with van der Waals surface area (Å²) in [6, 6.07) is 3.23. The lowest BCUT2D eigenvalue weighted by molar-refractivity contribution is 1.24. The molecule has 3 N–H and O–H groups in total. The van der Waals surface area contributed by atoms with Crippen molar-refractivity contribution in [3.8, 4) is 0 Å². The molecule has 42 valence electrons. The van der Waals surface area contributed by atoms with Crippen molar-refractivity contribution in [1.29, 1.82) is 0 Å². The van der Waals surface area contributed by atoms with E-state index in [1.165, 1.54) is 0 Å². The molecule has 8 heavy (non-hydrogen) atoms. The van der Waals surface area contributed by atoms with Gasteiger partial charge in [-0.15, -0.1) is 0 Å². The number of H-pyrrole nitrogens is 1. The molecule has 0 amide bonds. The van der Waals surface area contributed by atoms with Gasteiger partial charge in [0.2, 0.25) is 0 Å². The lowest BCUT2D eigenvalue weighted by atomic mass is 10.4. The van der Waals surface area contributed by atoms with Gasteiger partial charge >= 0.3 is 1.43 Å². The van der Waals surface area contributed by atoms with Crippen molar-refractivity contribution >= 4 is 5.69 Å². The highest BCUT2D eigenvalue weighted by atomic mass is 16.1. The normalized spacial score (nSPS) is 9.00. The number of aromatic nitrogens is 1. The predicted octanol–water partition coefficient (Wildman–Crippen LogP) is 0.0696. The van der Waals surface area contributed by atoms with E-state index in [0.29, 0.717) is 0 Å². The fourth-order valence-corrected chi connectivity index (χ4v) is 0.435. The number of aromatic amines is 1. The van der Waals surface area contributed by atoms with Crippen LogP contribution in [0.15, 0.2) is 23.1 Å². The molecule has 0 aromatic carbocycles. The van der Waals surface area contributed by atoms with Gasteiger partial charge in [0.15, 0.2) is 0 Å².